The van der Waals surface area contributed by atoms with Gasteiger partial charge in [-0.1, -0.05) is 25.5 Å². The third kappa shape index (κ3) is 3.39. The molecule has 3 heterocycles. The third-order valence-corrected chi connectivity index (χ3v) is 6.72. The molecule has 168 valence electrons. The van der Waals surface area contributed by atoms with E-state index in [0.717, 1.165) is 45.7 Å². The fraction of sp³-hybridized carbons (Fsp3) is 0.385. The number of nitrogens with zero attached hydrogens (tertiary/aromatic N) is 1. The van der Waals surface area contributed by atoms with E-state index in [2.05, 4.69) is 20.8 Å². The second kappa shape index (κ2) is 8.43. The van der Waals surface area contributed by atoms with Gasteiger partial charge in [0.25, 0.3) is 5.56 Å². The molecule has 0 saturated heterocycles. The van der Waals surface area contributed by atoms with E-state index < -0.39 is 12.1 Å². The highest BCUT2D eigenvalue weighted by Crippen LogP contribution is 2.36. The Morgan fingerprint density at radius 2 is 1.94 bits per heavy atom. The number of phenolic OH excluding ortho intramolecular Hbond substituents is 1. The molecule has 1 N–H and O–H groups in total. The van der Waals surface area contributed by atoms with Crippen LogP contribution in [0.15, 0.2) is 34.6 Å². The zero-order valence-corrected chi connectivity index (χ0v) is 19.2. The Balaban J connectivity index is 1.99. The highest BCUT2D eigenvalue weighted by atomic mass is 16.6. The summed E-state index contributed by atoms with van der Waals surface area (Å²) in [5.41, 5.74) is 6.13. The van der Waals surface area contributed by atoms with E-state index in [4.69, 9.17) is 9.47 Å². The Hall–Kier alpha value is -3.12. The molecule has 1 unspecified atom stereocenters. The monoisotopic (exact) mass is 435 g/mol. The van der Waals surface area contributed by atoms with Crippen molar-refractivity contribution in [3.05, 3.63) is 67.5 Å². The Morgan fingerprint density at radius 3 is 2.59 bits per heavy atom. The van der Waals surface area contributed by atoms with Crippen LogP contribution in [-0.2, 0) is 27.4 Å². The highest BCUT2D eigenvalue weighted by Gasteiger charge is 2.34. The van der Waals surface area contributed by atoms with Gasteiger partial charge in [-0.05, 0) is 72.0 Å². The summed E-state index contributed by atoms with van der Waals surface area (Å²) < 4.78 is 12.3. The summed E-state index contributed by atoms with van der Waals surface area (Å²) in [6.07, 6.45) is 0.777. The maximum atomic E-state index is 13.3. The summed E-state index contributed by atoms with van der Waals surface area (Å²) in [5, 5.41) is 12.3. The first-order chi connectivity index (χ1) is 15.3. The molecule has 2 aliphatic rings. The minimum absolute atomic E-state index is 0.0345. The number of pyridine rings is 1. The summed E-state index contributed by atoms with van der Waals surface area (Å²) in [7, 11) is 1.44. The number of methoxy groups -OCH3 is 1. The number of phenols is 1. The molecule has 2 aromatic rings. The smallest absolute Gasteiger partial charge is 0.340 e. The first-order valence-corrected chi connectivity index (χ1v) is 11.0. The van der Waals surface area contributed by atoms with Crippen LogP contribution in [0, 0.1) is 0 Å². The van der Waals surface area contributed by atoms with Crippen molar-refractivity contribution in [3.8, 4) is 5.75 Å². The molecule has 0 bridgehead atoms. The van der Waals surface area contributed by atoms with Gasteiger partial charge in [-0.15, -0.1) is 0 Å². The average Bonchev–Trinajstić information content (AvgIpc) is 3.11. The van der Waals surface area contributed by atoms with E-state index in [-0.39, 0.29) is 17.9 Å². The van der Waals surface area contributed by atoms with Crippen LogP contribution in [0.3, 0.4) is 0 Å². The van der Waals surface area contributed by atoms with Crippen molar-refractivity contribution >= 4 is 22.7 Å². The van der Waals surface area contributed by atoms with E-state index in [9.17, 15) is 14.7 Å². The molecule has 6 heteroatoms. The van der Waals surface area contributed by atoms with Crippen molar-refractivity contribution in [1.82, 2.24) is 4.57 Å². The summed E-state index contributed by atoms with van der Waals surface area (Å²) in [5.74, 6) is -0.251. The quantitative estimate of drug-likeness (QED) is 0.748. The predicted molar refractivity (Wildman–Crippen MR) is 123 cm³/mol. The number of fused-ring (bicyclic) bond motifs is 2. The second-order valence-corrected chi connectivity index (χ2v) is 8.38. The Labute approximate surface area is 187 Å². The molecule has 1 aromatic heterocycles. The van der Waals surface area contributed by atoms with Gasteiger partial charge in [-0.3, -0.25) is 4.79 Å². The van der Waals surface area contributed by atoms with Crippen LogP contribution in [0.4, 0.5) is 0 Å². The van der Waals surface area contributed by atoms with Crippen LogP contribution in [0.5, 0.6) is 5.75 Å². The van der Waals surface area contributed by atoms with Crippen molar-refractivity contribution in [2.45, 2.75) is 59.8 Å². The number of cyclic esters (lactones) is 1. The van der Waals surface area contributed by atoms with Gasteiger partial charge in [0.15, 0.2) is 6.10 Å². The van der Waals surface area contributed by atoms with Crippen LogP contribution in [0.1, 0.15) is 63.5 Å². The highest BCUT2D eigenvalue weighted by molar-refractivity contribution is 5.84. The number of hydrogen-bond donors (Lipinski definition) is 1. The Morgan fingerprint density at radius 1 is 1.19 bits per heavy atom. The van der Waals surface area contributed by atoms with Crippen molar-refractivity contribution < 1.29 is 19.4 Å². The minimum Gasteiger partial charge on any atom is -0.508 e. The molecule has 0 spiro atoms. The number of ether oxygens (including phenoxy) is 2. The van der Waals surface area contributed by atoms with Crippen molar-refractivity contribution in [3.63, 3.8) is 0 Å². The SMILES string of the molecule is CC/C(C1=C(C)c2cc3c(c(=O)n2C1)COC(=O)C3OC)=c1\cc(O)cc\c1=C(\C)CC. The molecule has 2 aliphatic heterocycles. The Kier molecular flexibility index (Phi) is 5.82. The molecule has 0 saturated carbocycles. The summed E-state index contributed by atoms with van der Waals surface area (Å²) in [6.45, 7) is 8.74. The number of rotatable bonds is 4. The standard InChI is InChI=1S/C26H29NO5/c1-6-14(3)18-9-8-16(28)10-19(18)17(7-2)21-12-27-23(15(21)4)11-20-22(25(27)29)13-32-26(30)24(20)31-5/h8-11,24,28H,6-7,12-13H2,1-5H3/b18-14+,19-17-. The fourth-order valence-corrected chi connectivity index (χ4v) is 4.79. The number of carbonyl (C=O) groups is 1. The molecule has 1 aromatic carbocycles. The number of aromatic hydroxyl groups is 1. The van der Waals surface area contributed by atoms with Gasteiger partial charge in [0.05, 0.1) is 12.1 Å². The van der Waals surface area contributed by atoms with Crippen LogP contribution in [0.2, 0.25) is 0 Å². The molecule has 0 fully saturated rings. The maximum Gasteiger partial charge on any atom is 0.340 e. The molecule has 4 rings (SSSR count). The predicted octanol–water partition coefficient (Wildman–Crippen LogP) is 2.93. The third-order valence-electron chi connectivity index (χ3n) is 6.72. The minimum atomic E-state index is -0.886. The maximum absolute atomic E-state index is 13.3. The lowest BCUT2D eigenvalue weighted by molar-refractivity contribution is -0.159. The summed E-state index contributed by atoms with van der Waals surface area (Å²) >= 11 is 0. The molecule has 0 radical (unpaired) electrons. The van der Waals surface area contributed by atoms with E-state index in [1.807, 2.05) is 25.1 Å². The van der Waals surface area contributed by atoms with Gasteiger partial charge in [-0.25, -0.2) is 4.79 Å². The van der Waals surface area contributed by atoms with Crippen molar-refractivity contribution in [1.29, 1.82) is 0 Å². The lowest BCUT2D eigenvalue weighted by atomic mass is 9.94. The number of aromatic nitrogens is 1. The second-order valence-electron chi connectivity index (χ2n) is 8.38. The molecule has 0 amide bonds. The topological polar surface area (TPSA) is 77.8 Å². The van der Waals surface area contributed by atoms with Crippen LogP contribution in [0.25, 0.3) is 16.7 Å². The van der Waals surface area contributed by atoms with Crippen molar-refractivity contribution in [2.24, 2.45) is 0 Å². The number of esters is 1. The van der Waals surface area contributed by atoms with Gasteiger partial charge in [-0.2, -0.15) is 0 Å². The van der Waals surface area contributed by atoms with E-state index >= 15 is 0 Å². The van der Waals surface area contributed by atoms with Gasteiger partial charge >= 0.3 is 5.97 Å². The number of allylic oxidation sites excluding steroid dienone is 2. The number of hydrogen-bond acceptors (Lipinski definition) is 5. The Bertz CT molecular complexity index is 1330. The molecular weight excluding hydrogens is 406 g/mol. The van der Waals surface area contributed by atoms with E-state index in [0.29, 0.717) is 17.7 Å². The lowest BCUT2D eigenvalue weighted by Gasteiger charge is -2.24. The van der Waals surface area contributed by atoms with Gasteiger partial charge in [0, 0.05) is 18.4 Å². The zero-order valence-electron chi connectivity index (χ0n) is 19.2. The molecule has 0 aliphatic carbocycles. The van der Waals surface area contributed by atoms with E-state index in [1.165, 1.54) is 12.7 Å². The van der Waals surface area contributed by atoms with Crippen LogP contribution < -0.4 is 16.0 Å². The first-order valence-electron chi connectivity index (χ1n) is 11.0. The first kappa shape index (κ1) is 22.1. The lowest BCUT2D eigenvalue weighted by Crippen LogP contribution is -2.34. The van der Waals surface area contributed by atoms with Crippen molar-refractivity contribution in [2.75, 3.05) is 7.11 Å². The molecular formula is C26H29NO5. The normalized spacial score (nSPS) is 19.4. The van der Waals surface area contributed by atoms with E-state index in [1.54, 1.807) is 10.6 Å². The average molecular weight is 436 g/mol. The number of carbonyl (C=O) groups excluding carboxylic acids is 1. The van der Waals surface area contributed by atoms with Gasteiger partial charge in [0.2, 0.25) is 0 Å². The molecule has 32 heavy (non-hydrogen) atoms. The summed E-state index contributed by atoms with van der Waals surface area (Å²) in [6, 6.07) is 7.40. The van der Waals surface area contributed by atoms with Gasteiger partial charge in [0.1, 0.15) is 12.4 Å². The fourth-order valence-electron chi connectivity index (χ4n) is 4.79. The zero-order chi connectivity index (χ0) is 23.2. The number of benzene rings is 1. The largest absolute Gasteiger partial charge is 0.508 e. The van der Waals surface area contributed by atoms with Crippen LogP contribution in [-0.4, -0.2) is 22.8 Å². The van der Waals surface area contributed by atoms with Crippen LogP contribution >= 0.6 is 0 Å². The molecule has 6 nitrogen and oxygen atoms in total. The van der Waals surface area contributed by atoms with Gasteiger partial charge < -0.3 is 19.1 Å². The molecule has 1 atom stereocenters. The summed E-state index contributed by atoms with van der Waals surface area (Å²) in [4.78, 5) is 25.5.